The second kappa shape index (κ2) is 14.4. The van der Waals surface area contributed by atoms with Gasteiger partial charge in [0.15, 0.2) is 5.65 Å². The van der Waals surface area contributed by atoms with Crippen molar-refractivity contribution in [3.05, 3.63) is 47.9 Å². The highest BCUT2D eigenvalue weighted by Crippen LogP contribution is 2.28. The zero-order valence-electron chi connectivity index (χ0n) is 26.9. The molecule has 4 aromatic rings. The summed E-state index contributed by atoms with van der Waals surface area (Å²) in [5.41, 5.74) is 2.87. The molecule has 12 heteroatoms. The van der Waals surface area contributed by atoms with Crippen molar-refractivity contribution in [2.45, 2.75) is 98.3 Å². The topological polar surface area (TPSA) is 139 Å². The number of aromatic nitrogens is 5. The lowest BCUT2D eigenvalue weighted by Gasteiger charge is -2.24. The van der Waals surface area contributed by atoms with E-state index in [-0.39, 0.29) is 24.7 Å². The van der Waals surface area contributed by atoms with Gasteiger partial charge in [0.05, 0.1) is 29.9 Å². The number of alkyl carbamates (subject to hydrolysis) is 1. The number of anilines is 2. The first-order chi connectivity index (χ1) is 20.9. The molecule has 238 valence electrons. The van der Waals surface area contributed by atoms with Crippen molar-refractivity contribution in [1.82, 2.24) is 29.9 Å². The number of imidazole rings is 1. The molecule has 0 aliphatic rings. The number of nitrogens with one attached hydrogen (secondary N) is 3. The predicted molar refractivity (Wildman–Crippen MR) is 172 cm³/mol. The minimum absolute atomic E-state index is 0.160. The van der Waals surface area contributed by atoms with Crippen LogP contribution >= 0.6 is 0 Å². The first-order valence-electron chi connectivity index (χ1n) is 15.4. The molecule has 3 N–H and O–H groups in total. The van der Waals surface area contributed by atoms with Crippen LogP contribution in [0.3, 0.4) is 0 Å². The van der Waals surface area contributed by atoms with Crippen molar-refractivity contribution < 1.29 is 19.1 Å². The first-order valence-corrected chi connectivity index (χ1v) is 15.4. The Hall–Kier alpha value is -4.35. The molecule has 2 amide bonds. The average Bonchev–Trinajstić information content (AvgIpc) is 3.55. The third-order valence-electron chi connectivity index (χ3n) is 6.76. The number of H-pyrrole nitrogens is 1. The van der Waals surface area contributed by atoms with Crippen LogP contribution in [0.15, 0.2) is 36.5 Å². The molecule has 0 unspecified atom stereocenters. The van der Waals surface area contributed by atoms with Crippen molar-refractivity contribution in [2.75, 3.05) is 23.3 Å². The number of carbonyl (C=O) groups excluding carboxylic acids is 2. The number of hydrogen-bond acceptors (Lipinski definition) is 8. The fourth-order valence-corrected chi connectivity index (χ4v) is 4.71. The second-order valence-corrected chi connectivity index (χ2v) is 12.5. The smallest absolute Gasteiger partial charge is 0.416 e. The van der Waals surface area contributed by atoms with Gasteiger partial charge in [-0.1, -0.05) is 38.8 Å². The zero-order valence-corrected chi connectivity index (χ0v) is 26.9. The average molecular weight is 607 g/mol. The fraction of sp³-hybridized carbons (Fsp3) is 0.531. The van der Waals surface area contributed by atoms with Gasteiger partial charge in [-0.05, 0) is 65.5 Å². The molecule has 0 saturated heterocycles. The number of ether oxygens (including phenoxy) is 2. The van der Waals surface area contributed by atoms with E-state index in [4.69, 9.17) is 19.4 Å². The zero-order chi connectivity index (χ0) is 31.9. The van der Waals surface area contributed by atoms with Gasteiger partial charge in [0.25, 0.3) is 0 Å². The van der Waals surface area contributed by atoms with Crippen molar-refractivity contribution in [3.63, 3.8) is 0 Å². The standard InChI is InChI=1S/C32H46N8O4/c1-21(2)23-19-35-40-28(39(31(42)43-22(3)4)20-27-36-24-14-10-11-15-25(24)37-27)18-26(38-29(23)40)33-16-12-8-9-13-17-34-30(41)44-32(5,6)7/h10-11,14-15,18-19,21-22H,8-9,12-13,16-17,20H2,1-7H3,(H,33,38)(H,34,41)(H,36,37). The molecule has 0 atom stereocenters. The highest BCUT2D eigenvalue weighted by Gasteiger charge is 2.26. The van der Waals surface area contributed by atoms with Gasteiger partial charge >= 0.3 is 12.2 Å². The molecule has 0 saturated carbocycles. The van der Waals surface area contributed by atoms with Gasteiger partial charge < -0.3 is 25.1 Å². The Morgan fingerprint density at radius 2 is 1.75 bits per heavy atom. The Morgan fingerprint density at radius 1 is 1.02 bits per heavy atom. The van der Waals surface area contributed by atoms with Crippen LogP contribution in [0.25, 0.3) is 16.7 Å². The van der Waals surface area contributed by atoms with Gasteiger partial charge in [-0.25, -0.2) is 19.6 Å². The van der Waals surface area contributed by atoms with E-state index < -0.39 is 11.7 Å². The van der Waals surface area contributed by atoms with E-state index >= 15 is 0 Å². The van der Waals surface area contributed by atoms with Crippen molar-refractivity contribution >= 4 is 40.5 Å². The molecule has 0 spiro atoms. The van der Waals surface area contributed by atoms with Gasteiger partial charge in [-0.15, -0.1) is 0 Å². The molecule has 3 heterocycles. The summed E-state index contributed by atoms with van der Waals surface area (Å²) in [6.45, 7) is 14.8. The molecule has 4 rings (SSSR count). The lowest BCUT2D eigenvalue weighted by Crippen LogP contribution is -2.35. The van der Waals surface area contributed by atoms with Crippen LogP contribution in [-0.4, -0.2) is 61.5 Å². The molecular formula is C32H46N8O4. The predicted octanol–water partition coefficient (Wildman–Crippen LogP) is 6.78. The van der Waals surface area contributed by atoms with Crippen LogP contribution in [-0.2, 0) is 16.0 Å². The summed E-state index contributed by atoms with van der Waals surface area (Å²) >= 11 is 0. The molecule has 3 aromatic heterocycles. The van der Waals surface area contributed by atoms with Crippen LogP contribution in [0.5, 0.6) is 0 Å². The van der Waals surface area contributed by atoms with E-state index in [1.165, 1.54) is 0 Å². The van der Waals surface area contributed by atoms with Gasteiger partial charge in [0.2, 0.25) is 0 Å². The normalized spacial score (nSPS) is 11.8. The van der Waals surface area contributed by atoms with Gasteiger partial charge in [-0.2, -0.15) is 9.61 Å². The lowest BCUT2D eigenvalue weighted by atomic mass is 10.1. The van der Waals surface area contributed by atoms with Gasteiger partial charge in [0, 0.05) is 24.7 Å². The summed E-state index contributed by atoms with van der Waals surface area (Å²) in [5.74, 6) is 1.99. The maximum Gasteiger partial charge on any atom is 0.416 e. The SMILES string of the molecule is CC(C)OC(=O)N(Cc1nc2ccccc2[nH]1)c1cc(NCCCCCCNC(=O)OC(C)(C)C)nc2c(C(C)C)cnn12. The van der Waals surface area contributed by atoms with Gasteiger partial charge in [-0.3, -0.25) is 4.90 Å². The number of aromatic amines is 1. The molecule has 0 bridgehead atoms. The number of fused-ring (bicyclic) bond motifs is 2. The number of nitrogens with zero attached hydrogens (tertiary/aromatic N) is 5. The molecule has 44 heavy (non-hydrogen) atoms. The van der Waals surface area contributed by atoms with Crippen molar-refractivity contribution in [1.29, 1.82) is 0 Å². The quantitative estimate of drug-likeness (QED) is 0.142. The van der Waals surface area contributed by atoms with Crippen LogP contribution < -0.4 is 15.5 Å². The minimum Gasteiger partial charge on any atom is -0.446 e. The highest BCUT2D eigenvalue weighted by atomic mass is 16.6. The van der Waals surface area contributed by atoms with Crippen LogP contribution in [0.1, 0.15) is 91.5 Å². The highest BCUT2D eigenvalue weighted by molar-refractivity contribution is 5.88. The Bertz CT molecular complexity index is 1520. The molecule has 0 aliphatic carbocycles. The maximum atomic E-state index is 13.5. The summed E-state index contributed by atoms with van der Waals surface area (Å²) in [6, 6.07) is 9.59. The number of amides is 2. The third kappa shape index (κ3) is 8.84. The van der Waals surface area contributed by atoms with E-state index in [1.54, 1.807) is 15.6 Å². The number of carbonyl (C=O) groups is 2. The summed E-state index contributed by atoms with van der Waals surface area (Å²) in [5, 5.41) is 10.9. The summed E-state index contributed by atoms with van der Waals surface area (Å²) in [6.07, 6.45) is 4.36. The molecular weight excluding hydrogens is 560 g/mol. The summed E-state index contributed by atoms with van der Waals surface area (Å²) < 4.78 is 12.6. The largest absolute Gasteiger partial charge is 0.446 e. The molecule has 1 aromatic carbocycles. The van der Waals surface area contributed by atoms with E-state index in [1.807, 2.05) is 65.0 Å². The Morgan fingerprint density at radius 3 is 2.43 bits per heavy atom. The lowest BCUT2D eigenvalue weighted by molar-refractivity contribution is 0.0526. The number of unbranched alkanes of at least 4 members (excludes halogenated alkanes) is 3. The van der Waals surface area contributed by atoms with Gasteiger partial charge in [0.1, 0.15) is 23.1 Å². The monoisotopic (exact) mass is 606 g/mol. The molecule has 12 nitrogen and oxygen atoms in total. The van der Waals surface area contributed by atoms with Crippen molar-refractivity contribution in [2.24, 2.45) is 0 Å². The number of hydrogen-bond donors (Lipinski definition) is 3. The Kier molecular flexibility index (Phi) is 10.7. The maximum absolute atomic E-state index is 13.5. The van der Waals surface area contributed by atoms with Crippen LogP contribution in [0.4, 0.5) is 21.2 Å². The number of para-hydroxylation sites is 2. The molecule has 0 fully saturated rings. The third-order valence-corrected chi connectivity index (χ3v) is 6.76. The van der Waals surface area contributed by atoms with E-state index in [0.29, 0.717) is 36.2 Å². The number of rotatable bonds is 13. The fourth-order valence-electron chi connectivity index (χ4n) is 4.71. The van der Waals surface area contributed by atoms with Crippen molar-refractivity contribution in [3.8, 4) is 0 Å². The van der Waals surface area contributed by atoms with Crippen LogP contribution in [0.2, 0.25) is 0 Å². The molecule has 0 radical (unpaired) electrons. The Balaban J connectivity index is 1.48. The second-order valence-electron chi connectivity index (χ2n) is 12.5. The Labute approximate surface area is 258 Å². The number of benzene rings is 1. The first kappa shape index (κ1) is 32.6. The van der Waals surface area contributed by atoms with E-state index in [2.05, 4.69) is 34.6 Å². The van der Waals surface area contributed by atoms with E-state index in [9.17, 15) is 9.59 Å². The summed E-state index contributed by atoms with van der Waals surface area (Å²) in [4.78, 5) is 39.8. The van der Waals surface area contributed by atoms with E-state index in [0.717, 1.165) is 42.3 Å². The summed E-state index contributed by atoms with van der Waals surface area (Å²) in [7, 11) is 0. The van der Waals surface area contributed by atoms with Crippen LogP contribution in [0, 0.1) is 0 Å². The molecule has 0 aliphatic heterocycles. The minimum atomic E-state index is -0.501.